The molecular weight excluding hydrogens is 227 g/mol. The summed E-state index contributed by atoms with van der Waals surface area (Å²) < 4.78 is 38.9. The third-order valence-electron chi connectivity index (χ3n) is 3.12. The minimum atomic E-state index is -4.17. The molecule has 0 amide bonds. The van der Waals surface area contributed by atoms with Crippen LogP contribution in [0.25, 0.3) is 0 Å². The lowest BCUT2D eigenvalue weighted by Crippen LogP contribution is -2.44. The van der Waals surface area contributed by atoms with Gasteiger partial charge in [0.25, 0.3) is 0 Å². The topological polar surface area (TPSA) is 12.0 Å². The largest absolute Gasteiger partial charge is 0.407 e. The molecule has 1 aliphatic rings. The van der Waals surface area contributed by atoms with Crippen LogP contribution in [0.2, 0.25) is 0 Å². The van der Waals surface area contributed by atoms with Crippen LogP contribution in [0, 0.1) is 0 Å². The number of hydrogen-bond acceptors (Lipinski definition) is 1. The molecule has 1 atom stereocenters. The molecule has 0 saturated heterocycles. The summed E-state index contributed by atoms with van der Waals surface area (Å²) in [6.07, 6.45) is 3.82. The Kier molecular flexibility index (Phi) is 6.03. The smallest absolute Gasteiger partial charge is 0.303 e. The maximum absolute atomic E-state index is 13.0. The maximum Gasteiger partial charge on any atom is 0.407 e. The Bertz CT molecular complexity index is 246. The van der Waals surface area contributed by atoms with Crippen LogP contribution in [-0.4, -0.2) is 18.8 Å². The molecule has 0 spiro atoms. The molecule has 17 heavy (non-hydrogen) atoms. The van der Waals surface area contributed by atoms with Gasteiger partial charge in [-0.3, -0.25) is 0 Å². The molecule has 1 N–H and O–H groups in total. The van der Waals surface area contributed by atoms with Gasteiger partial charge in [-0.1, -0.05) is 25.8 Å². The Labute approximate surface area is 101 Å². The molecule has 1 rings (SSSR count). The van der Waals surface area contributed by atoms with Gasteiger partial charge in [-0.05, 0) is 44.2 Å². The summed E-state index contributed by atoms with van der Waals surface area (Å²) in [5.41, 5.74) is 0.547. The summed E-state index contributed by atoms with van der Waals surface area (Å²) >= 11 is 0. The van der Waals surface area contributed by atoms with Gasteiger partial charge in [-0.2, -0.15) is 13.2 Å². The minimum Gasteiger partial charge on any atom is -0.303 e. The van der Waals surface area contributed by atoms with Crippen molar-refractivity contribution >= 4 is 0 Å². The van der Waals surface area contributed by atoms with Crippen molar-refractivity contribution in [2.75, 3.05) is 6.54 Å². The fraction of sp³-hybridized carbons (Fsp3) is 0.846. The zero-order valence-electron chi connectivity index (χ0n) is 10.4. The van der Waals surface area contributed by atoms with Gasteiger partial charge in [-0.15, -0.1) is 0 Å². The Hall–Kier alpha value is -0.510. The van der Waals surface area contributed by atoms with E-state index in [9.17, 15) is 13.2 Å². The first-order valence-corrected chi connectivity index (χ1v) is 6.54. The van der Waals surface area contributed by atoms with E-state index in [0.29, 0.717) is 18.5 Å². The van der Waals surface area contributed by atoms with Crippen LogP contribution in [0.3, 0.4) is 0 Å². The van der Waals surface area contributed by atoms with E-state index in [-0.39, 0.29) is 0 Å². The molecule has 0 aliphatic heterocycles. The van der Waals surface area contributed by atoms with E-state index in [0.717, 1.165) is 38.5 Å². The van der Waals surface area contributed by atoms with E-state index in [2.05, 4.69) is 5.32 Å². The fourth-order valence-electron chi connectivity index (χ4n) is 2.22. The molecule has 1 nitrogen and oxygen atoms in total. The molecule has 1 unspecified atom stereocenters. The molecule has 4 heteroatoms. The van der Waals surface area contributed by atoms with Crippen LogP contribution in [0.5, 0.6) is 0 Å². The highest BCUT2D eigenvalue weighted by atomic mass is 19.4. The SMILES string of the molecule is CCCNC(C1=CCCCCCC1)C(F)(F)F. The zero-order valence-corrected chi connectivity index (χ0v) is 10.4. The van der Waals surface area contributed by atoms with Gasteiger partial charge in [0.05, 0.1) is 0 Å². The Morgan fingerprint density at radius 2 is 1.94 bits per heavy atom. The first-order valence-electron chi connectivity index (χ1n) is 6.54. The second kappa shape index (κ2) is 7.04. The van der Waals surface area contributed by atoms with Crippen LogP contribution in [0.15, 0.2) is 11.6 Å². The third-order valence-corrected chi connectivity index (χ3v) is 3.12. The monoisotopic (exact) mass is 249 g/mol. The highest BCUT2D eigenvalue weighted by molar-refractivity contribution is 5.14. The lowest BCUT2D eigenvalue weighted by molar-refractivity contribution is -0.147. The van der Waals surface area contributed by atoms with E-state index < -0.39 is 12.2 Å². The van der Waals surface area contributed by atoms with Crippen LogP contribution in [-0.2, 0) is 0 Å². The van der Waals surface area contributed by atoms with Crippen molar-refractivity contribution in [3.8, 4) is 0 Å². The fourth-order valence-corrected chi connectivity index (χ4v) is 2.22. The molecule has 0 fully saturated rings. The maximum atomic E-state index is 13.0. The van der Waals surface area contributed by atoms with Gasteiger partial charge in [0.2, 0.25) is 0 Å². The Morgan fingerprint density at radius 1 is 1.24 bits per heavy atom. The lowest BCUT2D eigenvalue weighted by Gasteiger charge is -2.25. The van der Waals surface area contributed by atoms with Crippen molar-refractivity contribution in [2.45, 2.75) is 64.1 Å². The van der Waals surface area contributed by atoms with E-state index in [1.165, 1.54) is 0 Å². The normalized spacial score (nSPS) is 20.4. The molecule has 0 aromatic heterocycles. The van der Waals surface area contributed by atoms with Gasteiger partial charge in [0.1, 0.15) is 6.04 Å². The van der Waals surface area contributed by atoms with Gasteiger partial charge in [0, 0.05) is 0 Å². The second-order valence-corrected chi connectivity index (χ2v) is 4.66. The van der Waals surface area contributed by atoms with Gasteiger partial charge >= 0.3 is 6.18 Å². The number of halogens is 3. The number of nitrogens with one attached hydrogen (secondary N) is 1. The number of rotatable bonds is 4. The molecule has 1 aliphatic carbocycles. The molecular formula is C13H22F3N. The second-order valence-electron chi connectivity index (χ2n) is 4.66. The number of hydrogen-bond donors (Lipinski definition) is 1. The quantitative estimate of drug-likeness (QED) is 0.736. The standard InChI is InChI=1S/C13H22F3N/c1-2-10-17-12(13(14,15)16)11-8-6-4-3-5-7-9-11/h8,12,17H,2-7,9-10H2,1H3. The molecule has 0 heterocycles. The first kappa shape index (κ1) is 14.6. The number of allylic oxidation sites excluding steroid dienone is 1. The molecule has 0 radical (unpaired) electrons. The summed E-state index contributed by atoms with van der Waals surface area (Å²) in [5, 5.41) is 2.63. The van der Waals surface area contributed by atoms with Crippen LogP contribution < -0.4 is 5.32 Å². The molecule has 0 aromatic carbocycles. The van der Waals surface area contributed by atoms with Crippen molar-refractivity contribution in [3.05, 3.63) is 11.6 Å². The summed E-state index contributed by atoms with van der Waals surface area (Å²) in [6, 6.07) is -1.43. The lowest BCUT2D eigenvalue weighted by atomic mass is 9.94. The Balaban J connectivity index is 2.72. The van der Waals surface area contributed by atoms with Crippen molar-refractivity contribution in [3.63, 3.8) is 0 Å². The first-order chi connectivity index (χ1) is 8.05. The molecule has 0 aromatic rings. The highest BCUT2D eigenvalue weighted by Crippen LogP contribution is 2.30. The van der Waals surface area contributed by atoms with Gasteiger partial charge in [0.15, 0.2) is 0 Å². The van der Waals surface area contributed by atoms with Crippen LogP contribution in [0.1, 0.15) is 51.9 Å². The average molecular weight is 249 g/mol. The predicted molar refractivity (Wildman–Crippen MR) is 63.9 cm³/mol. The molecule has 0 saturated carbocycles. The van der Waals surface area contributed by atoms with E-state index in [1.54, 1.807) is 6.08 Å². The van der Waals surface area contributed by atoms with Crippen LogP contribution in [0.4, 0.5) is 13.2 Å². The molecule has 100 valence electrons. The van der Waals surface area contributed by atoms with E-state index in [1.807, 2.05) is 6.92 Å². The van der Waals surface area contributed by atoms with Gasteiger partial charge in [-0.25, -0.2) is 0 Å². The summed E-state index contributed by atoms with van der Waals surface area (Å²) in [6.45, 7) is 2.30. The predicted octanol–water partition coefficient (Wildman–Crippen LogP) is 4.20. The summed E-state index contributed by atoms with van der Waals surface area (Å²) in [5.74, 6) is 0. The average Bonchev–Trinajstić information content (AvgIpc) is 2.19. The summed E-state index contributed by atoms with van der Waals surface area (Å²) in [4.78, 5) is 0. The van der Waals surface area contributed by atoms with Crippen LogP contribution >= 0.6 is 0 Å². The Morgan fingerprint density at radius 3 is 2.59 bits per heavy atom. The van der Waals surface area contributed by atoms with Crippen molar-refractivity contribution in [1.82, 2.24) is 5.32 Å². The highest BCUT2D eigenvalue weighted by Gasteiger charge is 2.41. The minimum absolute atomic E-state index is 0.418. The zero-order chi connectivity index (χ0) is 12.7. The summed E-state index contributed by atoms with van der Waals surface area (Å²) in [7, 11) is 0. The van der Waals surface area contributed by atoms with Crippen molar-refractivity contribution in [1.29, 1.82) is 0 Å². The van der Waals surface area contributed by atoms with E-state index >= 15 is 0 Å². The number of alkyl halides is 3. The van der Waals surface area contributed by atoms with E-state index in [4.69, 9.17) is 0 Å². The van der Waals surface area contributed by atoms with Crippen molar-refractivity contribution in [2.24, 2.45) is 0 Å². The molecule has 0 bridgehead atoms. The third kappa shape index (κ3) is 5.11. The van der Waals surface area contributed by atoms with Gasteiger partial charge < -0.3 is 5.32 Å². The van der Waals surface area contributed by atoms with Crippen molar-refractivity contribution < 1.29 is 13.2 Å².